The molecule has 1 saturated heterocycles. The molecule has 1 aliphatic heterocycles. The van der Waals surface area contributed by atoms with E-state index in [0.717, 1.165) is 17.3 Å². The number of hydrogen-bond acceptors (Lipinski definition) is 4. The minimum Gasteiger partial charge on any atom is -0.457 e. The van der Waals surface area contributed by atoms with Crippen LogP contribution in [-0.4, -0.2) is 10.2 Å². The van der Waals surface area contributed by atoms with Gasteiger partial charge in [-0.05, 0) is 42.1 Å². The first kappa shape index (κ1) is 13.4. The van der Waals surface area contributed by atoms with E-state index in [9.17, 15) is 4.79 Å². The summed E-state index contributed by atoms with van der Waals surface area (Å²) in [5, 5.41) is 3.05. The molecule has 2 aromatic rings. The van der Waals surface area contributed by atoms with E-state index in [-0.39, 0.29) is 5.24 Å². The molecule has 0 atom stereocenters. The second-order valence-corrected chi connectivity index (χ2v) is 5.92. The van der Waals surface area contributed by atoms with Gasteiger partial charge in [-0.2, -0.15) is 0 Å². The quantitative estimate of drug-likeness (QED) is 0.641. The van der Waals surface area contributed by atoms with Crippen molar-refractivity contribution >= 4 is 51.9 Å². The molecule has 0 aliphatic carbocycles. The molecule has 6 heteroatoms. The van der Waals surface area contributed by atoms with E-state index in [2.05, 4.69) is 5.32 Å². The fourth-order valence-electron chi connectivity index (χ4n) is 1.78. The van der Waals surface area contributed by atoms with E-state index in [1.807, 2.05) is 36.4 Å². The molecule has 0 unspecified atom stereocenters. The molecule has 1 aliphatic rings. The Morgan fingerprint density at radius 3 is 2.85 bits per heavy atom. The zero-order chi connectivity index (χ0) is 14.1. The Bertz CT molecular complexity index is 736. The number of rotatable bonds is 2. The van der Waals surface area contributed by atoms with Crippen LogP contribution in [0.5, 0.6) is 0 Å². The topological polar surface area (TPSA) is 42.2 Å². The van der Waals surface area contributed by atoms with Crippen molar-refractivity contribution in [1.82, 2.24) is 5.32 Å². The molecule has 1 aromatic carbocycles. The molecule has 0 radical (unpaired) electrons. The number of thioether (sulfide) groups is 1. The van der Waals surface area contributed by atoms with Crippen molar-refractivity contribution in [1.29, 1.82) is 0 Å². The SMILES string of the molecule is O=C1NC(=S)/C(=C\c2ccc(-c3cccc(Cl)c3)o2)S1. The lowest BCUT2D eigenvalue weighted by molar-refractivity contribution is 0.265. The Balaban J connectivity index is 1.89. The monoisotopic (exact) mass is 321 g/mol. The second kappa shape index (κ2) is 5.44. The standard InChI is InChI=1S/C14H8ClNO2S2/c15-9-3-1-2-8(6-9)11-5-4-10(18-11)7-12-13(19)16-14(17)20-12/h1-7H,(H,16,17,19)/b12-7+. The number of carbonyl (C=O) groups is 1. The van der Waals surface area contributed by atoms with Gasteiger partial charge in [0.2, 0.25) is 0 Å². The Kier molecular flexibility index (Phi) is 3.65. The highest BCUT2D eigenvalue weighted by Gasteiger charge is 2.21. The van der Waals surface area contributed by atoms with E-state index in [0.29, 0.717) is 26.4 Å². The second-order valence-electron chi connectivity index (χ2n) is 4.06. The van der Waals surface area contributed by atoms with Gasteiger partial charge in [-0.25, -0.2) is 0 Å². The summed E-state index contributed by atoms with van der Waals surface area (Å²) in [4.78, 5) is 12.3. The van der Waals surface area contributed by atoms with Crippen LogP contribution in [0.3, 0.4) is 0 Å². The maximum atomic E-state index is 11.2. The number of benzene rings is 1. The number of amides is 1. The van der Waals surface area contributed by atoms with Gasteiger partial charge < -0.3 is 9.73 Å². The number of carbonyl (C=O) groups excluding carboxylic acids is 1. The normalized spacial score (nSPS) is 16.8. The van der Waals surface area contributed by atoms with E-state index in [4.69, 9.17) is 28.2 Å². The van der Waals surface area contributed by atoms with Crippen LogP contribution in [0.1, 0.15) is 5.76 Å². The molecule has 1 fully saturated rings. The van der Waals surface area contributed by atoms with Crippen molar-refractivity contribution in [3.05, 3.63) is 52.1 Å². The molecule has 0 bridgehead atoms. The van der Waals surface area contributed by atoms with Gasteiger partial charge in [-0.3, -0.25) is 4.79 Å². The largest absolute Gasteiger partial charge is 0.457 e. The third kappa shape index (κ3) is 2.80. The van der Waals surface area contributed by atoms with Crippen molar-refractivity contribution in [3.63, 3.8) is 0 Å². The maximum absolute atomic E-state index is 11.2. The van der Waals surface area contributed by atoms with Crippen LogP contribution in [0.4, 0.5) is 4.79 Å². The molecular weight excluding hydrogens is 314 g/mol. The van der Waals surface area contributed by atoms with Crippen LogP contribution in [0, 0.1) is 0 Å². The van der Waals surface area contributed by atoms with Gasteiger partial charge in [-0.1, -0.05) is 36.0 Å². The first-order chi connectivity index (χ1) is 9.61. The van der Waals surface area contributed by atoms with Gasteiger partial charge in [-0.15, -0.1) is 0 Å². The predicted octanol–water partition coefficient (Wildman–Crippen LogP) is 4.72. The zero-order valence-corrected chi connectivity index (χ0v) is 12.4. The fraction of sp³-hybridized carbons (Fsp3) is 0. The number of nitrogens with one attached hydrogen (secondary N) is 1. The molecule has 3 rings (SSSR count). The summed E-state index contributed by atoms with van der Waals surface area (Å²) in [5.41, 5.74) is 0.901. The van der Waals surface area contributed by atoms with Gasteiger partial charge in [0.05, 0.1) is 4.91 Å². The highest BCUT2D eigenvalue weighted by molar-refractivity contribution is 8.19. The van der Waals surface area contributed by atoms with Crippen LogP contribution >= 0.6 is 35.6 Å². The van der Waals surface area contributed by atoms with E-state index >= 15 is 0 Å². The highest BCUT2D eigenvalue weighted by Crippen LogP contribution is 2.29. The number of halogens is 1. The van der Waals surface area contributed by atoms with Crippen molar-refractivity contribution in [2.75, 3.05) is 0 Å². The predicted molar refractivity (Wildman–Crippen MR) is 85.9 cm³/mol. The Labute approximate surface area is 130 Å². The van der Waals surface area contributed by atoms with Gasteiger partial charge in [0.1, 0.15) is 16.5 Å². The summed E-state index contributed by atoms with van der Waals surface area (Å²) in [7, 11) is 0. The van der Waals surface area contributed by atoms with Gasteiger partial charge in [0.25, 0.3) is 5.24 Å². The molecular formula is C14H8ClNO2S2. The summed E-state index contributed by atoms with van der Waals surface area (Å²) < 4.78 is 5.72. The van der Waals surface area contributed by atoms with Crippen LogP contribution in [-0.2, 0) is 0 Å². The summed E-state index contributed by atoms with van der Waals surface area (Å²) in [6, 6.07) is 11.1. The maximum Gasteiger partial charge on any atom is 0.289 e. The third-order valence-corrected chi connectivity index (χ3v) is 4.17. The first-order valence-electron chi connectivity index (χ1n) is 5.72. The Morgan fingerprint density at radius 1 is 1.30 bits per heavy atom. The number of hydrogen-bond donors (Lipinski definition) is 1. The van der Waals surface area contributed by atoms with Gasteiger partial charge >= 0.3 is 0 Å². The fourth-order valence-corrected chi connectivity index (χ4v) is 2.98. The third-order valence-electron chi connectivity index (χ3n) is 2.65. The average molecular weight is 322 g/mol. The molecule has 1 N–H and O–H groups in total. The molecule has 3 nitrogen and oxygen atoms in total. The van der Waals surface area contributed by atoms with Crippen LogP contribution in [0.25, 0.3) is 17.4 Å². The lowest BCUT2D eigenvalue weighted by Crippen LogP contribution is -2.15. The van der Waals surface area contributed by atoms with Crippen molar-refractivity contribution in [3.8, 4) is 11.3 Å². The molecule has 2 heterocycles. The van der Waals surface area contributed by atoms with E-state index < -0.39 is 0 Å². The summed E-state index contributed by atoms with van der Waals surface area (Å²) in [6.45, 7) is 0. The minimum atomic E-state index is -0.164. The smallest absolute Gasteiger partial charge is 0.289 e. The molecule has 1 amide bonds. The van der Waals surface area contributed by atoms with Crippen LogP contribution < -0.4 is 5.32 Å². The first-order valence-corrected chi connectivity index (χ1v) is 7.33. The van der Waals surface area contributed by atoms with Crippen molar-refractivity contribution in [2.45, 2.75) is 0 Å². The lowest BCUT2D eigenvalue weighted by atomic mass is 10.2. The molecule has 100 valence electrons. The van der Waals surface area contributed by atoms with Gasteiger partial charge in [0, 0.05) is 10.6 Å². The lowest BCUT2D eigenvalue weighted by Gasteiger charge is -1.97. The molecule has 20 heavy (non-hydrogen) atoms. The highest BCUT2D eigenvalue weighted by atomic mass is 35.5. The average Bonchev–Trinajstić information content (AvgIpc) is 2.97. The van der Waals surface area contributed by atoms with E-state index in [1.54, 1.807) is 6.08 Å². The Morgan fingerprint density at radius 2 is 2.15 bits per heavy atom. The van der Waals surface area contributed by atoms with E-state index in [1.165, 1.54) is 0 Å². The van der Waals surface area contributed by atoms with Crippen LogP contribution in [0.15, 0.2) is 45.7 Å². The van der Waals surface area contributed by atoms with Crippen LogP contribution in [0.2, 0.25) is 5.02 Å². The number of furan rings is 1. The van der Waals surface area contributed by atoms with Gasteiger partial charge in [0.15, 0.2) is 0 Å². The summed E-state index contributed by atoms with van der Waals surface area (Å²) >= 11 is 12.1. The zero-order valence-electron chi connectivity index (χ0n) is 10.1. The Hall–Kier alpha value is -1.56. The summed E-state index contributed by atoms with van der Waals surface area (Å²) in [5.74, 6) is 1.36. The van der Waals surface area contributed by atoms with Crippen molar-refractivity contribution in [2.24, 2.45) is 0 Å². The molecule has 1 aromatic heterocycles. The van der Waals surface area contributed by atoms with Crippen molar-refractivity contribution < 1.29 is 9.21 Å². The molecule has 0 saturated carbocycles. The minimum absolute atomic E-state index is 0.164. The number of thiocarbonyl (C=S) groups is 1. The summed E-state index contributed by atoms with van der Waals surface area (Å²) in [6.07, 6.45) is 1.75. The molecule has 0 spiro atoms.